The Morgan fingerprint density at radius 2 is 1.61 bits per heavy atom. The summed E-state index contributed by atoms with van der Waals surface area (Å²) in [6.07, 6.45) is 0.582. The average Bonchev–Trinajstić information content (AvgIpc) is 2.72. The molecule has 0 unspecified atom stereocenters. The van der Waals surface area contributed by atoms with Crippen LogP contribution < -0.4 is 10.6 Å². The highest BCUT2D eigenvalue weighted by Crippen LogP contribution is 2.28. The molecule has 0 saturated carbocycles. The van der Waals surface area contributed by atoms with E-state index in [0.717, 1.165) is 12.1 Å². The zero-order valence-corrected chi connectivity index (χ0v) is 17.9. The van der Waals surface area contributed by atoms with Crippen molar-refractivity contribution in [3.05, 3.63) is 53.6 Å². The number of piperidine rings is 1. The van der Waals surface area contributed by atoms with E-state index in [2.05, 4.69) is 10.6 Å². The van der Waals surface area contributed by atoms with Crippen molar-refractivity contribution in [2.75, 3.05) is 23.7 Å². The molecule has 0 atom stereocenters. The molecule has 0 aromatic heterocycles. The van der Waals surface area contributed by atoms with E-state index in [4.69, 9.17) is 0 Å². The van der Waals surface area contributed by atoms with Gasteiger partial charge in [-0.15, -0.1) is 0 Å². The van der Waals surface area contributed by atoms with Crippen LogP contribution in [0.2, 0.25) is 0 Å². The Kier molecular flexibility index (Phi) is 6.71. The highest BCUT2D eigenvalue weighted by Gasteiger charge is 2.32. The number of rotatable bonds is 5. The summed E-state index contributed by atoms with van der Waals surface area (Å²) in [6.45, 7) is 3.35. The second-order valence-corrected chi connectivity index (χ2v) is 9.34. The molecular weight excluding hydrogens is 428 g/mol. The van der Waals surface area contributed by atoms with Gasteiger partial charge in [-0.1, -0.05) is 6.07 Å². The molecule has 0 spiro atoms. The van der Waals surface area contributed by atoms with E-state index in [1.54, 1.807) is 25.1 Å². The topological polar surface area (TPSA) is 95.6 Å². The Bertz CT molecular complexity index is 1110. The predicted octanol–water partition coefficient (Wildman–Crippen LogP) is 3.27. The molecular formula is C21H23F2N3O4S. The molecule has 166 valence electrons. The van der Waals surface area contributed by atoms with Crippen molar-refractivity contribution in [1.29, 1.82) is 0 Å². The number of hydrogen-bond donors (Lipinski definition) is 2. The van der Waals surface area contributed by atoms with Crippen molar-refractivity contribution < 1.29 is 26.8 Å². The zero-order valence-electron chi connectivity index (χ0n) is 17.1. The Morgan fingerprint density at radius 3 is 2.19 bits per heavy atom. The monoisotopic (exact) mass is 451 g/mol. The Balaban J connectivity index is 1.65. The molecule has 0 bridgehead atoms. The molecule has 0 radical (unpaired) electrons. The molecule has 2 N–H and O–H groups in total. The maximum atomic E-state index is 13.4. The van der Waals surface area contributed by atoms with Gasteiger partial charge in [-0.25, -0.2) is 17.2 Å². The lowest BCUT2D eigenvalue weighted by molar-refractivity contribution is -0.121. The molecule has 2 aromatic carbocycles. The van der Waals surface area contributed by atoms with Crippen molar-refractivity contribution in [1.82, 2.24) is 4.31 Å². The van der Waals surface area contributed by atoms with Gasteiger partial charge in [-0.05, 0) is 55.7 Å². The maximum Gasteiger partial charge on any atom is 0.243 e. The lowest BCUT2D eigenvalue weighted by Crippen LogP contribution is -2.41. The first kappa shape index (κ1) is 22.8. The second kappa shape index (κ2) is 9.11. The normalized spacial score (nSPS) is 15.5. The highest BCUT2D eigenvalue weighted by atomic mass is 32.2. The minimum atomic E-state index is -3.98. The van der Waals surface area contributed by atoms with Crippen molar-refractivity contribution in [3.8, 4) is 0 Å². The molecule has 10 heteroatoms. The number of nitrogens with one attached hydrogen (secondary N) is 2. The van der Waals surface area contributed by atoms with Gasteiger partial charge in [-0.2, -0.15) is 4.31 Å². The third-order valence-corrected chi connectivity index (χ3v) is 7.15. The molecule has 1 saturated heterocycles. The number of hydrogen-bond acceptors (Lipinski definition) is 4. The van der Waals surface area contributed by atoms with Crippen LogP contribution in [0.15, 0.2) is 41.3 Å². The van der Waals surface area contributed by atoms with Crippen molar-refractivity contribution in [2.24, 2.45) is 5.92 Å². The minimum absolute atomic E-state index is 0.0876. The molecule has 31 heavy (non-hydrogen) atoms. The summed E-state index contributed by atoms with van der Waals surface area (Å²) in [7, 11) is -3.98. The Hall–Kier alpha value is -2.85. The van der Waals surface area contributed by atoms with Crippen LogP contribution in [0.4, 0.5) is 20.2 Å². The number of anilines is 2. The van der Waals surface area contributed by atoms with Gasteiger partial charge in [0.1, 0.15) is 0 Å². The summed E-state index contributed by atoms with van der Waals surface area (Å²) in [5.74, 6) is -3.21. The van der Waals surface area contributed by atoms with E-state index in [9.17, 15) is 26.8 Å². The summed E-state index contributed by atoms with van der Waals surface area (Å²) >= 11 is 0. The Morgan fingerprint density at radius 1 is 1.00 bits per heavy atom. The van der Waals surface area contributed by atoms with E-state index in [1.807, 2.05) is 0 Å². The van der Waals surface area contributed by atoms with Gasteiger partial charge in [0.25, 0.3) is 0 Å². The summed E-state index contributed by atoms with van der Waals surface area (Å²) in [5.41, 5.74) is 1.87. The van der Waals surface area contributed by atoms with Gasteiger partial charge in [0.05, 0.1) is 4.90 Å². The maximum absolute atomic E-state index is 13.4. The number of amides is 2. The molecule has 1 heterocycles. The summed E-state index contributed by atoms with van der Waals surface area (Å²) in [6, 6.07) is 7.63. The van der Waals surface area contributed by atoms with E-state index in [-0.39, 0.29) is 29.8 Å². The van der Waals surface area contributed by atoms with Crippen molar-refractivity contribution in [3.63, 3.8) is 0 Å². The Labute approximate surface area is 179 Å². The number of benzene rings is 2. The van der Waals surface area contributed by atoms with Gasteiger partial charge >= 0.3 is 0 Å². The molecule has 7 nitrogen and oxygen atoms in total. The van der Waals surface area contributed by atoms with Crippen LogP contribution in [-0.2, 0) is 19.6 Å². The summed E-state index contributed by atoms with van der Waals surface area (Å²) in [4.78, 5) is 23.7. The fourth-order valence-corrected chi connectivity index (χ4v) is 4.96. The lowest BCUT2D eigenvalue weighted by atomic mass is 9.97. The van der Waals surface area contributed by atoms with E-state index in [0.29, 0.717) is 35.8 Å². The van der Waals surface area contributed by atoms with Crippen LogP contribution in [0.25, 0.3) is 0 Å². The van der Waals surface area contributed by atoms with Crippen molar-refractivity contribution >= 4 is 33.2 Å². The van der Waals surface area contributed by atoms with E-state index >= 15 is 0 Å². The summed E-state index contributed by atoms with van der Waals surface area (Å²) < 4.78 is 53.1. The van der Waals surface area contributed by atoms with Crippen LogP contribution in [0, 0.1) is 24.5 Å². The largest absolute Gasteiger partial charge is 0.326 e. The number of halogens is 2. The van der Waals surface area contributed by atoms with Gasteiger partial charge in [0.15, 0.2) is 11.6 Å². The third-order valence-electron chi connectivity index (χ3n) is 5.26. The fraction of sp³-hybridized carbons (Fsp3) is 0.333. The number of carbonyl (C=O) groups excluding carboxylic acids is 2. The average molecular weight is 451 g/mol. The van der Waals surface area contributed by atoms with Crippen LogP contribution in [-0.4, -0.2) is 37.6 Å². The SMILES string of the molecule is CC(=O)Nc1cccc(NC(=O)C2CCN(S(=O)(=O)c3ccc(F)c(F)c3)CC2)c1C. The zero-order chi connectivity index (χ0) is 22.8. The molecule has 1 fully saturated rings. The van der Waals surface area contributed by atoms with Gasteiger partial charge in [-0.3, -0.25) is 9.59 Å². The molecule has 0 aliphatic carbocycles. The number of carbonyl (C=O) groups is 2. The molecule has 3 rings (SSSR count). The molecule has 1 aliphatic heterocycles. The van der Waals surface area contributed by atoms with Crippen LogP contribution >= 0.6 is 0 Å². The summed E-state index contributed by atoms with van der Waals surface area (Å²) in [5, 5.41) is 5.54. The number of sulfonamides is 1. The van der Waals surface area contributed by atoms with Gasteiger partial charge < -0.3 is 10.6 Å². The highest BCUT2D eigenvalue weighted by molar-refractivity contribution is 7.89. The molecule has 2 amide bonds. The minimum Gasteiger partial charge on any atom is -0.326 e. The fourth-order valence-electron chi connectivity index (χ4n) is 3.48. The first-order valence-corrected chi connectivity index (χ1v) is 11.2. The third kappa shape index (κ3) is 5.08. The van der Waals surface area contributed by atoms with E-state index in [1.165, 1.54) is 11.2 Å². The van der Waals surface area contributed by atoms with Crippen LogP contribution in [0.5, 0.6) is 0 Å². The molecule has 2 aromatic rings. The van der Waals surface area contributed by atoms with Gasteiger partial charge in [0.2, 0.25) is 21.8 Å². The standard InChI is InChI=1S/C21H23F2N3O4S/c1-13-19(24-14(2)27)4-3-5-20(13)25-21(28)15-8-10-26(11-9-15)31(29,30)16-6-7-17(22)18(23)12-16/h3-7,12,15H,8-11H2,1-2H3,(H,24,27)(H,25,28). The van der Waals surface area contributed by atoms with Crippen LogP contribution in [0.3, 0.4) is 0 Å². The lowest BCUT2D eigenvalue weighted by Gasteiger charge is -2.30. The first-order chi connectivity index (χ1) is 14.6. The van der Waals surface area contributed by atoms with Gasteiger partial charge in [0, 0.05) is 37.3 Å². The van der Waals surface area contributed by atoms with Crippen LogP contribution in [0.1, 0.15) is 25.3 Å². The smallest absolute Gasteiger partial charge is 0.243 e. The number of nitrogens with zero attached hydrogens (tertiary/aromatic N) is 1. The molecule has 1 aliphatic rings. The predicted molar refractivity (Wildman–Crippen MR) is 112 cm³/mol. The second-order valence-electron chi connectivity index (χ2n) is 7.40. The first-order valence-electron chi connectivity index (χ1n) is 9.73. The van der Waals surface area contributed by atoms with Crippen molar-refractivity contribution in [2.45, 2.75) is 31.6 Å². The quantitative estimate of drug-likeness (QED) is 0.729. The van der Waals surface area contributed by atoms with E-state index < -0.39 is 27.6 Å².